The summed E-state index contributed by atoms with van der Waals surface area (Å²) in [4.78, 5) is 24.0. The highest BCUT2D eigenvalue weighted by Crippen LogP contribution is 2.17. The van der Waals surface area contributed by atoms with E-state index in [1.807, 2.05) is 37.3 Å². The van der Waals surface area contributed by atoms with Crippen molar-refractivity contribution in [2.75, 3.05) is 12.4 Å². The molecule has 0 aromatic heterocycles. The first-order chi connectivity index (χ1) is 11.5. The van der Waals surface area contributed by atoms with Gasteiger partial charge in [0.1, 0.15) is 0 Å². The van der Waals surface area contributed by atoms with Crippen molar-refractivity contribution >= 4 is 17.5 Å². The van der Waals surface area contributed by atoms with Gasteiger partial charge in [0.2, 0.25) is 5.91 Å². The monoisotopic (exact) mass is 325 g/mol. The van der Waals surface area contributed by atoms with E-state index in [0.717, 1.165) is 17.5 Å². The molecular weight excluding hydrogens is 302 g/mol. The Bertz CT molecular complexity index is 714. The van der Waals surface area contributed by atoms with Gasteiger partial charge in [-0.15, -0.1) is 0 Å². The van der Waals surface area contributed by atoms with Crippen LogP contribution in [0.25, 0.3) is 0 Å². The van der Waals surface area contributed by atoms with Gasteiger partial charge >= 0.3 is 0 Å². The van der Waals surface area contributed by atoms with Gasteiger partial charge in [-0.2, -0.15) is 0 Å². The SMILES string of the molecule is CNC(=O)c1ccc(C)c(NC(=O)[C@@H](N)CCc2ccccc2)c1. The second kappa shape index (κ2) is 8.26. The lowest BCUT2D eigenvalue weighted by atomic mass is 10.0. The summed E-state index contributed by atoms with van der Waals surface area (Å²) in [7, 11) is 1.57. The van der Waals surface area contributed by atoms with Crippen LogP contribution in [0, 0.1) is 6.92 Å². The molecular formula is C19H23N3O2. The van der Waals surface area contributed by atoms with Crippen molar-refractivity contribution in [1.29, 1.82) is 0 Å². The van der Waals surface area contributed by atoms with E-state index in [0.29, 0.717) is 17.7 Å². The van der Waals surface area contributed by atoms with Gasteiger partial charge in [0.15, 0.2) is 0 Å². The fraction of sp³-hybridized carbons (Fsp3) is 0.263. The summed E-state index contributed by atoms with van der Waals surface area (Å²) in [6.45, 7) is 1.87. The van der Waals surface area contributed by atoms with Crippen molar-refractivity contribution in [3.63, 3.8) is 0 Å². The third-order valence-electron chi connectivity index (χ3n) is 3.91. The average Bonchev–Trinajstić information content (AvgIpc) is 2.61. The van der Waals surface area contributed by atoms with Crippen LogP contribution in [0.15, 0.2) is 48.5 Å². The van der Waals surface area contributed by atoms with Gasteiger partial charge in [-0.3, -0.25) is 9.59 Å². The Morgan fingerprint density at radius 1 is 1.12 bits per heavy atom. The second-order valence-electron chi connectivity index (χ2n) is 5.73. The van der Waals surface area contributed by atoms with Crippen LogP contribution in [0.4, 0.5) is 5.69 Å². The minimum atomic E-state index is -0.603. The zero-order valence-corrected chi connectivity index (χ0v) is 14.0. The van der Waals surface area contributed by atoms with Gasteiger partial charge in [0.05, 0.1) is 6.04 Å². The number of rotatable bonds is 6. The van der Waals surface area contributed by atoms with E-state index >= 15 is 0 Å². The third-order valence-corrected chi connectivity index (χ3v) is 3.91. The van der Waals surface area contributed by atoms with E-state index in [9.17, 15) is 9.59 Å². The number of hydrogen-bond acceptors (Lipinski definition) is 3. The Labute approximate surface area is 142 Å². The highest BCUT2D eigenvalue weighted by atomic mass is 16.2. The summed E-state index contributed by atoms with van der Waals surface area (Å²) in [6, 6.07) is 14.5. The lowest BCUT2D eigenvalue weighted by Gasteiger charge is -2.14. The Balaban J connectivity index is 1.99. The first-order valence-corrected chi connectivity index (χ1v) is 7.94. The van der Waals surface area contributed by atoms with Crippen LogP contribution in [0.3, 0.4) is 0 Å². The van der Waals surface area contributed by atoms with Gasteiger partial charge in [-0.05, 0) is 43.0 Å². The van der Waals surface area contributed by atoms with Crippen molar-refractivity contribution in [2.45, 2.75) is 25.8 Å². The molecule has 0 saturated carbocycles. The van der Waals surface area contributed by atoms with E-state index in [4.69, 9.17) is 5.73 Å². The van der Waals surface area contributed by atoms with Crippen molar-refractivity contribution in [3.8, 4) is 0 Å². The van der Waals surface area contributed by atoms with E-state index in [-0.39, 0.29) is 11.8 Å². The van der Waals surface area contributed by atoms with Gasteiger partial charge in [0.25, 0.3) is 5.91 Å². The molecule has 0 fully saturated rings. The van der Waals surface area contributed by atoms with Crippen LogP contribution in [0.1, 0.15) is 27.9 Å². The number of carbonyl (C=O) groups is 2. The van der Waals surface area contributed by atoms with Crippen LogP contribution in [0.5, 0.6) is 0 Å². The molecule has 5 heteroatoms. The maximum atomic E-state index is 12.3. The average molecular weight is 325 g/mol. The third kappa shape index (κ3) is 4.67. The molecule has 0 heterocycles. The van der Waals surface area contributed by atoms with Crippen LogP contribution in [-0.2, 0) is 11.2 Å². The molecule has 0 aliphatic carbocycles. The lowest BCUT2D eigenvalue weighted by molar-refractivity contribution is -0.117. The summed E-state index contributed by atoms with van der Waals surface area (Å²) < 4.78 is 0. The van der Waals surface area contributed by atoms with E-state index in [1.165, 1.54) is 0 Å². The summed E-state index contributed by atoms with van der Waals surface area (Å²) in [5.41, 5.74) is 9.13. The maximum absolute atomic E-state index is 12.3. The van der Waals surface area contributed by atoms with Crippen LogP contribution >= 0.6 is 0 Å². The predicted molar refractivity (Wildman–Crippen MR) is 95.9 cm³/mol. The Kier molecular flexibility index (Phi) is 6.09. The topological polar surface area (TPSA) is 84.2 Å². The number of anilines is 1. The van der Waals surface area contributed by atoms with Crippen molar-refractivity contribution in [3.05, 3.63) is 65.2 Å². The zero-order valence-electron chi connectivity index (χ0n) is 14.0. The molecule has 1 atom stereocenters. The standard InChI is InChI=1S/C19H23N3O2/c1-13-8-10-15(18(23)21-2)12-17(13)22-19(24)16(20)11-9-14-6-4-3-5-7-14/h3-8,10,12,16H,9,11,20H2,1-2H3,(H,21,23)(H,22,24)/t16-/m0/s1. The summed E-state index contributed by atoms with van der Waals surface area (Å²) in [6.07, 6.45) is 1.30. The normalized spacial score (nSPS) is 11.6. The molecule has 2 rings (SSSR count). The molecule has 0 aliphatic rings. The molecule has 4 N–H and O–H groups in total. The zero-order chi connectivity index (χ0) is 17.5. The second-order valence-corrected chi connectivity index (χ2v) is 5.73. The molecule has 0 spiro atoms. The first kappa shape index (κ1) is 17.7. The van der Waals surface area contributed by atoms with Gasteiger partial charge in [-0.25, -0.2) is 0 Å². The number of aryl methyl sites for hydroxylation is 2. The van der Waals surface area contributed by atoms with Gasteiger partial charge < -0.3 is 16.4 Å². The fourth-order valence-electron chi connectivity index (χ4n) is 2.37. The Morgan fingerprint density at radius 2 is 1.83 bits per heavy atom. The Morgan fingerprint density at radius 3 is 2.50 bits per heavy atom. The summed E-state index contributed by atoms with van der Waals surface area (Å²) >= 11 is 0. The number of nitrogens with two attached hydrogens (primary N) is 1. The summed E-state index contributed by atoms with van der Waals surface area (Å²) in [5.74, 6) is -0.443. The molecule has 0 aliphatic heterocycles. The van der Waals surface area contributed by atoms with Crippen molar-refractivity contribution in [2.24, 2.45) is 5.73 Å². The molecule has 126 valence electrons. The van der Waals surface area contributed by atoms with Crippen LogP contribution in [0.2, 0.25) is 0 Å². The minimum absolute atomic E-state index is 0.195. The lowest BCUT2D eigenvalue weighted by Crippen LogP contribution is -2.36. The molecule has 0 radical (unpaired) electrons. The number of hydrogen-bond donors (Lipinski definition) is 3. The minimum Gasteiger partial charge on any atom is -0.355 e. The molecule has 0 bridgehead atoms. The molecule has 24 heavy (non-hydrogen) atoms. The first-order valence-electron chi connectivity index (χ1n) is 7.94. The molecule has 2 amide bonds. The number of benzene rings is 2. The van der Waals surface area contributed by atoms with E-state index < -0.39 is 6.04 Å². The highest BCUT2D eigenvalue weighted by molar-refractivity contribution is 5.99. The van der Waals surface area contributed by atoms with E-state index in [1.54, 1.807) is 25.2 Å². The number of carbonyl (C=O) groups excluding carboxylic acids is 2. The molecule has 2 aromatic carbocycles. The van der Waals surface area contributed by atoms with Gasteiger partial charge in [0, 0.05) is 18.3 Å². The number of nitrogens with one attached hydrogen (secondary N) is 2. The highest BCUT2D eigenvalue weighted by Gasteiger charge is 2.15. The predicted octanol–water partition coefficient (Wildman–Crippen LogP) is 2.25. The maximum Gasteiger partial charge on any atom is 0.251 e. The molecule has 0 unspecified atom stereocenters. The molecule has 5 nitrogen and oxygen atoms in total. The van der Waals surface area contributed by atoms with Gasteiger partial charge in [-0.1, -0.05) is 36.4 Å². The molecule has 0 saturated heterocycles. The largest absolute Gasteiger partial charge is 0.355 e. The number of amides is 2. The smallest absolute Gasteiger partial charge is 0.251 e. The Hall–Kier alpha value is -2.66. The quantitative estimate of drug-likeness (QED) is 0.761. The van der Waals surface area contributed by atoms with Crippen LogP contribution in [-0.4, -0.2) is 24.9 Å². The molecule has 2 aromatic rings. The van der Waals surface area contributed by atoms with Crippen LogP contribution < -0.4 is 16.4 Å². The fourth-order valence-corrected chi connectivity index (χ4v) is 2.37. The van der Waals surface area contributed by atoms with Crippen molar-refractivity contribution in [1.82, 2.24) is 5.32 Å². The van der Waals surface area contributed by atoms with E-state index in [2.05, 4.69) is 10.6 Å². The summed E-state index contributed by atoms with van der Waals surface area (Å²) in [5, 5.41) is 5.39. The van der Waals surface area contributed by atoms with Crippen molar-refractivity contribution < 1.29 is 9.59 Å².